The van der Waals surface area contributed by atoms with Gasteiger partial charge in [0.1, 0.15) is 22.6 Å². The first-order valence-corrected chi connectivity index (χ1v) is 14.9. The van der Waals surface area contributed by atoms with Crippen molar-refractivity contribution in [3.8, 4) is 16.5 Å². The number of oxazole rings is 1. The first kappa shape index (κ1) is 30.0. The topological polar surface area (TPSA) is 124 Å². The van der Waals surface area contributed by atoms with Crippen LogP contribution in [0.1, 0.15) is 62.0 Å². The maximum absolute atomic E-state index is 14.2. The Morgan fingerprint density at radius 3 is 2.62 bits per heavy atom. The Labute approximate surface area is 248 Å². The van der Waals surface area contributed by atoms with Crippen LogP contribution in [0.15, 0.2) is 41.1 Å². The van der Waals surface area contributed by atoms with E-state index in [1.807, 2.05) is 49.9 Å². The summed E-state index contributed by atoms with van der Waals surface area (Å²) in [4.78, 5) is 47.0. The van der Waals surface area contributed by atoms with Crippen molar-refractivity contribution >= 4 is 28.2 Å². The molecule has 226 valence electrons. The lowest BCUT2D eigenvalue weighted by Gasteiger charge is -2.48. The summed E-state index contributed by atoms with van der Waals surface area (Å²) in [6, 6.07) is 7.80. The van der Waals surface area contributed by atoms with Crippen LogP contribution in [0.3, 0.4) is 0 Å². The zero-order chi connectivity index (χ0) is 30.0. The highest BCUT2D eigenvalue weighted by atomic mass is 32.1. The van der Waals surface area contributed by atoms with Crippen LogP contribution in [-0.2, 0) is 25.7 Å². The Bertz CT molecular complexity index is 1400. The minimum atomic E-state index is -1.63. The summed E-state index contributed by atoms with van der Waals surface area (Å²) in [7, 11) is 0. The number of carboxylic acid groups (broad SMARTS) is 1. The van der Waals surface area contributed by atoms with Crippen molar-refractivity contribution in [2.75, 3.05) is 24.7 Å². The van der Waals surface area contributed by atoms with Crippen molar-refractivity contribution < 1.29 is 38.4 Å². The molecule has 1 unspecified atom stereocenters. The average molecular weight is 600 g/mol. The normalized spacial score (nSPS) is 18.0. The minimum Gasteiger partial charge on any atom is -0.491 e. The molecule has 5 rings (SSSR count). The van der Waals surface area contributed by atoms with Gasteiger partial charge in [-0.1, -0.05) is 18.2 Å². The predicted octanol–water partition coefficient (Wildman–Crippen LogP) is 5.28. The number of benzene rings is 1. The van der Waals surface area contributed by atoms with Crippen LogP contribution in [0.4, 0.5) is 5.00 Å². The first-order valence-electron chi connectivity index (χ1n) is 14.1. The standard InChI is InChI=1S/C30H37N3O8S/c1-18(2)39-22-9-7-6-8-20(22)10-14-32-27-23(19(3)24(42-27)25-31-13-17-38-25)26(34)33(30(4,5)28(35)36)29(32)41-40-21-11-15-37-16-12-21/h6-9,13,17-18,21,29H,10-12,14-16H2,1-5H3,(H,35,36). The van der Waals surface area contributed by atoms with Gasteiger partial charge in [0, 0.05) is 32.6 Å². The number of fused-ring (bicyclic) bond motifs is 1. The van der Waals surface area contributed by atoms with Crippen LogP contribution in [-0.4, -0.2) is 70.7 Å². The van der Waals surface area contributed by atoms with Crippen LogP contribution in [0.25, 0.3) is 10.8 Å². The van der Waals surface area contributed by atoms with Crippen LogP contribution in [0.5, 0.6) is 5.75 Å². The maximum atomic E-state index is 14.2. The zero-order valence-corrected chi connectivity index (χ0v) is 25.3. The van der Waals surface area contributed by atoms with Crippen molar-refractivity contribution in [3.63, 3.8) is 0 Å². The number of para-hydroxylation sites is 1. The molecule has 1 fully saturated rings. The van der Waals surface area contributed by atoms with Crippen LogP contribution >= 0.6 is 11.3 Å². The lowest BCUT2D eigenvalue weighted by molar-refractivity contribution is -0.380. The van der Waals surface area contributed by atoms with E-state index in [0.717, 1.165) is 11.3 Å². The first-order chi connectivity index (χ1) is 20.1. The van der Waals surface area contributed by atoms with Crippen molar-refractivity contribution in [3.05, 3.63) is 53.4 Å². The molecule has 1 N–H and O–H groups in total. The number of anilines is 1. The summed E-state index contributed by atoms with van der Waals surface area (Å²) in [5.74, 6) is -0.489. The van der Waals surface area contributed by atoms with E-state index in [0.29, 0.717) is 65.9 Å². The van der Waals surface area contributed by atoms with Gasteiger partial charge in [-0.05, 0) is 58.2 Å². The second kappa shape index (κ2) is 12.4. The van der Waals surface area contributed by atoms with E-state index in [4.69, 9.17) is 23.7 Å². The number of amides is 1. The minimum absolute atomic E-state index is 0.00975. The molecule has 3 aromatic rings. The quantitative estimate of drug-likeness (QED) is 0.230. The molecular formula is C30H37N3O8S. The van der Waals surface area contributed by atoms with Gasteiger partial charge in [0.05, 0.1) is 28.8 Å². The van der Waals surface area contributed by atoms with E-state index in [1.165, 1.54) is 36.3 Å². The number of aliphatic carboxylic acids is 1. The number of carbonyl (C=O) groups excluding carboxylic acids is 1. The number of hydrogen-bond acceptors (Lipinski definition) is 10. The second-order valence-corrected chi connectivity index (χ2v) is 12.2. The van der Waals surface area contributed by atoms with Crippen molar-refractivity contribution in [2.45, 2.75) is 78.0 Å². The third kappa shape index (κ3) is 5.89. The summed E-state index contributed by atoms with van der Waals surface area (Å²) >= 11 is 1.36. The predicted molar refractivity (Wildman–Crippen MR) is 155 cm³/mol. The number of rotatable bonds is 11. The van der Waals surface area contributed by atoms with Crippen molar-refractivity contribution in [1.29, 1.82) is 0 Å². The molecule has 1 saturated heterocycles. The molecule has 2 aliphatic rings. The molecule has 0 aliphatic carbocycles. The van der Waals surface area contributed by atoms with Gasteiger partial charge >= 0.3 is 5.97 Å². The monoisotopic (exact) mass is 599 g/mol. The Kier molecular flexibility index (Phi) is 8.88. The van der Waals surface area contributed by atoms with E-state index < -0.39 is 23.8 Å². The van der Waals surface area contributed by atoms with Crippen LogP contribution in [0.2, 0.25) is 0 Å². The smallest absolute Gasteiger partial charge is 0.329 e. The van der Waals surface area contributed by atoms with E-state index in [2.05, 4.69) is 4.98 Å². The third-order valence-corrected chi connectivity index (χ3v) is 8.78. The summed E-state index contributed by atoms with van der Waals surface area (Å²) in [6.45, 7) is 10.2. The summed E-state index contributed by atoms with van der Waals surface area (Å²) in [6.07, 6.45) is 3.39. The molecule has 0 spiro atoms. The lowest BCUT2D eigenvalue weighted by Crippen LogP contribution is -2.66. The van der Waals surface area contributed by atoms with Gasteiger partial charge in [-0.25, -0.2) is 14.7 Å². The fourth-order valence-electron chi connectivity index (χ4n) is 5.11. The fourth-order valence-corrected chi connectivity index (χ4v) is 6.39. The largest absolute Gasteiger partial charge is 0.491 e. The molecule has 0 saturated carbocycles. The molecule has 42 heavy (non-hydrogen) atoms. The van der Waals surface area contributed by atoms with Gasteiger partial charge < -0.3 is 23.9 Å². The van der Waals surface area contributed by atoms with Gasteiger partial charge in [-0.2, -0.15) is 4.89 Å². The highest BCUT2D eigenvalue weighted by Gasteiger charge is 2.51. The Balaban J connectivity index is 1.59. The average Bonchev–Trinajstić information content (AvgIpc) is 3.60. The van der Waals surface area contributed by atoms with Gasteiger partial charge in [-0.3, -0.25) is 9.69 Å². The maximum Gasteiger partial charge on any atom is 0.329 e. The summed E-state index contributed by atoms with van der Waals surface area (Å²) in [5, 5.41) is 10.9. The van der Waals surface area contributed by atoms with E-state index >= 15 is 0 Å². The van der Waals surface area contributed by atoms with E-state index in [9.17, 15) is 14.7 Å². The lowest BCUT2D eigenvalue weighted by atomic mass is 9.98. The SMILES string of the molecule is Cc1c(-c2ncco2)sc2c1C(=O)N(C(C)(C)C(=O)O)C(OOC1CCOCC1)N2CCc1ccccc1OC(C)C. The number of thiophene rings is 1. The van der Waals surface area contributed by atoms with E-state index in [-0.39, 0.29) is 12.2 Å². The van der Waals surface area contributed by atoms with Crippen LogP contribution < -0.4 is 9.64 Å². The van der Waals surface area contributed by atoms with E-state index in [1.54, 1.807) is 6.20 Å². The third-order valence-electron chi connectivity index (χ3n) is 7.46. The number of hydrogen-bond donors (Lipinski definition) is 1. The van der Waals surface area contributed by atoms with Gasteiger partial charge in [0.25, 0.3) is 5.91 Å². The molecular weight excluding hydrogens is 562 g/mol. The molecule has 11 nitrogen and oxygen atoms in total. The Hall–Kier alpha value is -3.45. The zero-order valence-electron chi connectivity index (χ0n) is 24.5. The molecule has 2 aliphatic heterocycles. The molecule has 1 amide bonds. The number of carboxylic acids is 1. The molecule has 0 bridgehead atoms. The number of nitrogens with zero attached hydrogens (tertiary/aromatic N) is 3. The van der Waals surface area contributed by atoms with Gasteiger partial charge in [-0.15, -0.1) is 11.3 Å². The number of carbonyl (C=O) groups is 2. The second-order valence-electron chi connectivity index (χ2n) is 11.2. The molecule has 1 atom stereocenters. The summed E-state index contributed by atoms with van der Waals surface area (Å²) < 4.78 is 17.1. The highest BCUT2D eigenvalue weighted by molar-refractivity contribution is 7.20. The van der Waals surface area contributed by atoms with Crippen LogP contribution in [0, 0.1) is 6.92 Å². The van der Waals surface area contributed by atoms with Crippen molar-refractivity contribution in [1.82, 2.24) is 9.88 Å². The molecule has 1 aromatic carbocycles. The van der Waals surface area contributed by atoms with Gasteiger partial charge in [0.15, 0.2) is 0 Å². The fraction of sp³-hybridized carbons (Fsp3) is 0.500. The summed E-state index contributed by atoms with van der Waals surface area (Å²) in [5.41, 5.74) is 0.387. The van der Waals surface area contributed by atoms with Gasteiger partial charge in [0.2, 0.25) is 12.2 Å². The highest BCUT2D eigenvalue weighted by Crippen LogP contribution is 2.47. The molecule has 12 heteroatoms. The molecule has 4 heterocycles. The molecule has 2 aromatic heterocycles. The van der Waals surface area contributed by atoms with Crippen molar-refractivity contribution in [2.24, 2.45) is 0 Å². The number of aromatic nitrogens is 1. The molecule has 0 radical (unpaired) electrons. The number of ether oxygens (including phenoxy) is 2. The Morgan fingerprint density at radius 2 is 1.95 bits per heavy atom. The Morgan fingerprint density at radius 1 is 1.21 bits per heavy atom.